The molecule has 0 aliphatic carbocycles. The predicted molar refractivity (Wildman–Crippen MR) is 108 cm³/mol. The van der Waals surface area contributed by atoms with E-state index < -0.39 is 31.6 Å². The molecule has 156 valence electrons. The summed E-state index contributed by atoms with van der Waals surface area (Å²) >= 11 is 0. The van der Waals surface area contributed by atoms with Crippen molar-refractivity contribution in [3.05, 3.63) is 48.0 Å². The van der Waals surface area contributed by atoms with Crippen molar-refractivity contribution in [1.29, 1.82) is 0 Å². The zero-order valence-electron chi connectivity index (χ0n) is 15.8. The van der Waals surface area contributed by atoms with Crippen LogP contribution in [-0.4, -0.2) is 45.1 Å². The van der Waals surface area contributed by atoms with Crippen molar-refractivity contribution >= 4 is 31.5 Å². The van der Waals surface area contributed by atoms with Crippen LogP contribution >= 0.6 is 0 Å². The molecule has 1 fully saturated rings. The molecule has 29 heavy (non-hydrogen) atoms. The summed E-state index contributed by atoms with van der Waals surface area (Å²) in [7, 11) is -7.76. The molecule has 1 aliphatic rings. The van der Waals surface area contributed by atoms with Gasteiger partial charge in [-0.15, -0.1) is 0 Å². The van der Waals surface area contributed by atoms with Gasteiger partial charge < -0.3 is 5.11 Å². The molecule has 0 amide bonds. The quantitative estimate of drug-likeness (QED) is 0.528. The fourth-order valence-electron chi connectivity index (χ4n) is 3.16. The predicted octanol–water partition coefficient (Wildman–Crippen LogP) is 2.57. The number of sulfonamides is 2. The normalized spacial score (nSPS) is 15.8. The molecule has 8 nitrogen and oxygen atoms in total. The second-order valence-corrected chi connectivity index (χ2v) is 10.4. The number of ketones is 1. The van der Waals surface area contributed by atoms with E-state index in [0.717, 1.165) is 19.3 Å². The van der Waals surface area contributed by atoms with Gasteiger partial charge in [-0.3, -0.25) is 9.52 Å². The average Bonchev–Trinajstić information content (AvgIpc) is 2.70. The molecular formula is C19H22N2O6S2. The first-order chi connectivity index (χ1) is 13.6. The van der Waals surface area contributed by atoms with E-state index in [1.54, 1.807) is 0 Å². The minimum absolute atomic E-state index is 0.00632. The minimum atomic E-state index is -4.10. The number of piperidine rings is 1. The number of Topliss-reactive ketones (excluding diaryl/α,β-unsaturated/α-hetero) is 1. The zero-order valence-corrected chi connectivity index (χ0v) is 17.5. The van der Waals surface area contributed by atoms with E-state index in [2.05, 4.69) is 4.72 Å². The van der Waals surface area contributed by atoms with Crippen LogP contribution in [0.15, 0.2) is 52.3 Å². The highest BCUT2D eigenvalue weighted by molar-refractivity contribution is 7.92. The number of hydrogen-bond donors (Lipinski definition) is 2. The van der Waals surface area contributed by atoms with Crippen molar-refractivity contribution in [1.82, 2.24) is 4.31 Å². The van der Waals surface area contributed by atoms with Gasteiger partial charge in [-0.2, -0.15) is 4.31 Å². The van der Waals surface area contributed by atoms with Crippen molar-refractivity contribution < 1.29 is 26.7 Å². The number of para-hydroxylation sites is 1. The Bertz CT molecular complexity index is 1120. The highest BCUT2D eigenvalue weighted by Gasteiger charge is 2.26. The molecule has 2 N–H and O–H groups in total. The smallest absolute Gasteiger partial charge is 0.262 e. The Morgan fingerprint density at radius 3 is 2.10 bits per heavy atom. The summed E-state index contributed by atoms with van der Waals surface area (Å²) in [6, 6.07) is 9.07. The largest absolute Gasteiger partial charge is 0.505 e. The lowest BCUT2D eigenvalue weighted by atomic mass is 10.1. The molecule has 1 aliphatic heterocycles. The number of anilines is 1. The van der Waals surface area contributed by atoms with Crippen LogP contribution in [-0.2, 0) is 20.0 Å². The van der Waals surface area contributed by atoms with Gasteiger partial charge in [0.25, 0.3) is 10.0 Å². The fourth-order valence-corrected chi connectivity index (χ4v) is 5.74. The highest BCUT2D eigenvalue weighted by Crippen LogP contribution is 2.30. The summed E-state index contributed by atoms with van der Waals surface area (Å²) in [6.45, 7) is 2.17. The summed E-state index contributed by atoms with van der Waals surface area (Å²) in [5, 5.41) is 10.1. The molecule has 0 radical (unpaired) electrons. The van der Waals surface area contributed by atoms with Crippen LogP contribution in [0, 0.1) is 0 Å². The minimum Gasteiger partial charge on any atom is -0.505 e. The molecule has 1 saturated heterocycles. The van der Waals surface area contributed by atoms with Gasteiger partial charge >= 0.3 is 0 Å². The van der Waals surface area contributed by atoms with Crippen LogP contribution in [0.5, 0.6) is 5.75 Å². The molecule has 1 heterocycles. The SMILES string of the molecule is CC(=O)c1cccc(NS(=O)(=O)c2ccc(S(=O)(=O)N3CCCCC3)cc2)c1O. The first kappa shape index (κ1) is 21.3. The van der Waals surface area contributed by atoms with Crippen molar-refractivity contribution in [2.75, 3.05) is 17.8 Å². The molecule has 0 unspecified atom stereocenters. The third-order valence-electron chi connectivity index (χ3n) is 4.75. The van der Waals surface area contributed by atoms with Gasteiger partial charge in [-0.25, -0.2) is 16.8 Å². The first-order valence-corrected chi connectivity index (χ1v) is 12.0. The Morgan fingerprint density at radius 1 is 0.931 bits per heavy atom. The van der Waals surface area contributed by atoms with E-state index in [1.807, 2.05) is 0 Å². The monoisotopic (exact) mass is 438 g/mol. The summed E-state index contributed by atoms with van der Waals surface area (Å²) in [5.74, 6) is -0.872. The van der Waals surface area contributed by atoms with Gasteiger partial charge in [-0.1, -0.05) is 12.5 Å². The van der Waals surface area contributed by atoms with Gasteiger partial charge in [0.1, 0.15) is 5.75 Å². The van der Waals surface area contributed by atoms with Crippen LogP contribution < -0.4 is 4.72 Å². The van der Waals surface area contributed by atoms with Gasteiger partial charge in [0, 0.05) is 13.1 Å². The third-order valence-corrected chi connectivity index (χ3v) is 8.04. The van der Waals surface area contributed by atoms with Crippen LogP contribution in [0.1, 0.15) is 36.5 Å². The number of phenols is 1. The Balaban J connectivity index is 1.86. The maximum absolute atomic E-state index is 12.7. The zero-order chi connectivity index (χ0) is 21.2. The molecule has 3 rings (SSSR count). The van der Waals surface area contributed by atoms with Gasteiger partial charge in [0.2, 0.25) is 10.0 Å². The number of phenolic OH excluding ortho intramolecular Hbond substituents is 1. The Kier molecular flexibility index (Phi) is 5.97. The number of benzene rings is 2. The summed E-state index contributed by atoms with van der Waals surface area (Å²) < 4.78 is 54.3. The standard InChI is InChI=1S/C19H22N2O6S2/c1-14(22)17-6-5-7-18(19(17)23)20-28(24,25)15-8-10-16(11-9-15)29(26,27)21-12-3-2-4-13-21/h5-11,20,23H,2-4,12-13H2,1H3. The van der Waals surface area contributed by atoms with E-state index in [-0.39, 0.29) is 21.0 Å². The van der Waals surface area contributed by atoms with E-state index >= 15 is 0 Å². The number of nitrogens with one attached hydrogen (secondary N) is 1. The second kappa shape index (κ2) is 8.13. The van der Waals surface area contributed by atoms with E-state index in [1.165, 1.54) is 53.7 Å². The molecule has 0 aromatic heterocycles. The summed E-state index contributed by atoms with van der Waals surface area (Å²) in [6.07, 6.45) is 2.60. The molecular weight excluding hydrogens is 416 g/mol. The van der Waals surface area contributed by atoms with Gasteiger partial charge in [0.05, 0.1) is 21.0 Å². The Labute approximate surface area is 170 Å². The van der Waals surface area contributed by atoms with Gasteiger partial charge in [0.15, 0.2) is 5.78 Å². The third kappa shape index (κ3) is 4.44. The van der Waals surface area contributed by atoms with Gasteiger partial charge in [-0.05, 0) is 56.2 Å². The van der Waals surface area contributed by atoms with Crippen molar-refractivity contribution in [3.63, 3.8) is 0 Å². The van der Waals surface area contributed by atoms with E-state index in [0.29, 0.717) is 13.1 Å². The molecule has 2 aromatic rings. The topological polar surface area (TPSA) is 121 Å². The van der Waals surface area contributed by atoms with Crippen LogP contribution in [0.3, 0.4) is 0 Å². The Hall–Kier alpha value is -2.43. The average molecular weight is 439 g/mol. The Morgan fingerprint density at radius 2 is 1.52 bits per heavy atom. The molecule has 2 aromatic carbocycles. The van der Waals surface area contributed by atoms with Crippen LogP contribution in [0.25, 0.3) is 0 Å². The number of aromatic hydroxyl groups is 1. The number of hydrogen-bond acceptors (Lipinski definition) is 6. The first-order valence-electron chi connectivity index (χ1n) is 9.09. The maximum atomic E-state index is 12.7. The summed E-state index contributed by atoms with van der Waals surface area (Å²) in [4.78, 5) is 11.4. The molecule has 0 atom stereocenters. The van der Waals surface area contributed by atoms with E-state index in [9.17, 15) is 26.7 Å². The van der Waals surface area contributed by atoms with Crippen LogP contribution in [0.4, 0.5) is 5.69 Å². The van der Waals surface area contributed by atoms with E-state index in [4.69, 9.17) is 0 Å². The molecule has 0 bridgehead atoms. The summed E-state index contributed by atoms with van der Waals surface area (Å²) in [5.41, 5.74) is -0.143. The second-order valence-electron chi connectivity index (χ2n) is 6.80. The lowest BCUT2D eigenvalue weighted by molar-refractivity contribution is 0.101. The van der Waals surface area contributed by atoms with Crippen molar-refractivity contribution in [2.45, 2.75) is 36.0 Å². The number of carbonyl (C=O) groups is 1. The lowest BCUT2D eigenvalue weighted by Crippen LogP contribution is -2.35. The lowest BCUT2D eigenvalue weighted by Gasteiger charge is -2.25. The molecule has 0 spiro atoms. The number of rotatable bonds is 6. The van der Waals surface area contributed by atoms with Crippen molar-refractivity contribution in [3.8, 4) is 5.75 Å². The fraction of sp³-hybridized carbons (Fsp3) is 0.316. The molecule has 10 heteroatoms. The van der Waals surface area contributed by atoms with Crippen LogP contribution in [0.2, 0.25) is 0 Å². The number of nitrogens with zero attached hydrogens (tertiary/aromatic N) is 1. The molecule has 0 saturated carbocycles. The van der Waals surface area contributed by atoms with Crippen molar-refractivity contribution in [2.24, 2.45) is 0 Å². The highest BCUT2D eigenvalue weighted by atomic mass is 32.2. The number of carbonyl (C=O) groups excluding carboxylic acids is 1. The maximum Gasteiger partial charge on any atom is 0.262 e.